The zero-order chi connectivity index (χ0) is 34.4. The highest BCUT2D eigenvalue weighted by Crippen LogP contribution is 2.36. The Morgan fingerprint density at radius 2 is 1.90 bits per heavy atom. The summed E-state index contributed by atoms with van der Waals surface area (Å²) in [6.45, 7) is 5.76. The molecule has 4 N–H and O–H groups in total. The SMILES string of the molecule is C=CCOC(=O)c1ccc2c(c1C)CC[C@@H]2NC(=O)c1cc(C(=O)NCc2ccc3c(c2)CC(c2c(N)c(=O)c2=O)CC3)nc2ncnn12. The Balaban J connectivity index is 1.05. The molecule has 2 atom stereocenters. The Labute approximate surface area is 279 Å². The van der Waals surface area contributed by atoms with Crippen LogP contribution < -0.4 is 27.2 Å². The molecule has 13 heteroatoms. The Bertz CT molecular complexity index is 2260. The summed E-state index contributed by atoms with van der Waals surface area (Å²) in [4.78, 5) is 71.7. The van der Waals surface area contributed by atoms with Crippen molar-refractivity contribution in [3.8, 4) is 0 Å². The van der Waals surface area contributed by atoms with E-state index in [1.807, 2.05) is 31.2 Å². The Hall–Kier alpha value is -5.98. The molecule has 13 nitrogen and oxygen atoms in total. The largest absolute Gasteiger partial charge is 0.458 e. The zero-order valence-corrected chi connectivity index (χ0v) is 26.7. The lowest BCUT2D eigenvalue weighted by Crippen LogP contribution is -2.40. The number of anilines is 1. The number of aryl methyl sites for hydroxylation is 1. The van der Waals surface area contributed by atoms with Crippen LogP contribution in [-0.4, -0.2) is 44.0 Å². The maximum Gasteiger partial charge on any atom is 0.338 e. The van der Waals surface area contributed by atoms with Crippen LogP contribution in [0.3, 0.4) is 0 Å². The average Bonchev–Trinajstić information content (AvgIpc) is 3.76. The first-order valence-electron chi connectivity index (χ1n) is 16.0. The first-order chi connectivity index (χ1) is 23.6. The van der Waals surface area contributed by atoms with Gasteiger partial charge in [-0.25, -0.2) is 9.78 Å². The van der Waals surface area contributed by atoms with Gasteiger partial charge in [-0.2, -0.15) is 14.6 Å². The van der Waals surface area contributed by atoms with Crippen molar-refractivity contribution in [3.63, 3.8) is 0 Å². The van der Waals surface area contributed by atoms with E-state index in [2.05, 4.69) is 32.3 Å². The van der Waals surface area contributed by atoms with E-state index in [1.165, 1.54) is 23.0 Å². The quantitative estimate of drug-likeness (QED) is 0.121. The van der Waals surface area contributed by atoms with Crippen LogP contribution in [-0.2, 0) is 30.5 Å². The number of hydrogen-bond donors (Lipinski definition) is 3. The topological polar surface area (TPSA) is 188 Å². The summed E-state index contributed by atoms with van der Waals surface area (Å²) in [5, 5.41) is 10.1. The third-order valence-corrected chi connectivity index (χ3v) is 9.61. The van der Waals surface area contributed by atoms with E-state index < -0.39 is 28.6 Å². The van der Waals surface area contributed by atoms with Crippen molar-refractivity contribution in [1.29, 1.82) is 0 Å². The first kappa shape index (κ1) is 31.6. The number of nitrogen functional groups attached to an aromatic ring is 1. The van der Waals surface area contributed by atoms with Gasteiger partial charge in [0.25, 0.3) is 17.6 Å². The molecule has 0 saturated heterocycles. The molecule has 0 fully saturated rings. The van der Waals surface area contributed by atoms with Gasteiger partial charge in [0.05, 0.1) is 17.3 Å². The number of nitrogens with two attached hydrogens (primary N) is 1. The lowest BCUT2D eigenvalue weighted by molar-refractivity contribution is 0.0548. The molecule has 0 aliphatic heterocycles. The number of esters is 1. The predicted octanol–water partition coefficient (Wildman–Crippen LogP) is 2.57. The van der Waals surface area contributed by atoms with Gasteiger partial charge in [-0.15, -0.1) is 0 Å². The number of rotatable bonds is 9. The van der Waals surface area contributed by atoms with Crippen molar-refractivity contribution in [3.05, 3.63) is 132 Å². The van der Waals surface area contributed by atoms with Crippen LogP contribution in [0.1, 0.15) is 95.1 Å². The molecule has 0 saturated carbocycles. The third-order valence-electron chi connectivity index (χ3n) is 9.61. The molecule has 0 bridgehead atoms. The molecule has 5 aromatic rings. The zero-order valence-electron chi connectivity index (χ0n) is 26.7. The van der Waals surface area contributed by atoms with Crippen LogP contribution in [0.2, 0.25) is 0 Å². The number of ether oxygens (including phenoxy) is 1. The van der Waals surface area contributed by atoms with Gasteiger partial charge in [0.2, 0.25) is 10.9 Å². The Kier molecular flexibility index (Phi) is 8.10. The van der Waals surface area contributed by atoms with Gasteiger partial charge in [-0.05, 0) is 84.4 Å². The fraction of sp³-hybridized carbons (Fsp3) is 0.278. The van der Waals surface area contributed by atoms with Gasteiger partial charge in [0.15, 0.2) is 0 Å². The second-order valence-electron chi connectivity index (χ2n) is 12.5. The minimum Gasteiger partial charge on any atom is -0.458 e. The van der Waals surface area contributed by atoms with Gasteiger partial charge in [-0.3, -0.25) is 19.2 Å². The van der Waals surface area contributed by atoms with Gasteiger partial charge in [0.1, 0.15) is 24.3 Å². The number of nitrogens with zero attached hydrogens (tertiary/aromatic N) is 4. The van der Waals surface area contributed by atoms with Crippen LogP contribution in [0.4, 0.5) is 5.69 Å². The van der Waals surface area contributed by atoms with Gasteiger partial charge >= 0.3 is 5.97 Å². The van der Waals surface area contributed by atoms with Crippen LogP contribution in [0.5, 0.6) is 0 Å². The van der Waals surface area contributed by atoms with Gasteiger partial charge in [-0.1, -0.05) is 36.9 Å². The lowest BCUT2D eigenvalue weighted by Gasteiger charge is -2.26. The van der Waals surface area contributed by atoms with E-state index in [1.54, 1.807) is 6.07 Å². The second-order valence-corrected chi connectivity index (χ2v) is 12.5. The highest BCUT2D eigenvalue weighted by Gasteiger charge is 2.31. The molecule has 2 heterocycles. The molecule has 1 unspecified atom stereocenters. The number of fused-ring (bicyclic) bond motifs is 3. The van der Waals surface area contributed by atoms with E-state index in [9.17, 15) is 24.0 Å². The van der Waals surface area contributed by atoms with E-state index in [0.717, 1.165) is 46.2 Å². The third kappa shape index (κ3) is 5.66. The molecule has 7 rings (SSSR count). The van der Waals surface area contributed by atoms with E-state index >= 15 is 0 Å². The van der Waals surface area contributed by atoms with Crippen LogP contribution in [0.25, 0.3) is 5.78 Å². The maximum atomic E-state index is 13.7. The second kappa shape index (κ2) is 12.6. The minimum absolute atomic E-state index is 0.00425. The predicted molar refractivity (Wildman–Crippen MR) is 179 cm³/mol. The average molecular weight is 660 g/mol. The molecule has 2 aliphatic rings. The smallest absolute Gasteiger partial charge is 0.338 e. The number of aromatic nitrogens is 4. The molecular weight excluding hydrogens is 626 g/mol. The van der Waals surface area contributed by atoms with E-state index in [0.29, 0.717) is 30.4 Å². The minimum atomic E-state index is -0.603. The maximum absolute atomic E-state index is 13.7. The van der Waals surface area contributed by atoms with Crippen LogP contribution in [0.15, 0.2) is 65.0 Å². The van der Waals surface area contributed by atoms with Crippen LogP contribution >= 0.6 is 0 Å². The summed E-state index contributed by atoms with van der Waals surface area (Å²) >= 11 is 0. The monoisotopic (exact) mass is 659 g/mol. The number of carbonyl (C=O) groups excluding carboxylic acids is 3. The molecular formula is C36H33N7O6. The fourth-order valence-corrected chi connectivity index (χ4v) is 7.06. The van der Waals surface area contributed by atoms with Crippen molar-refractivity contribution in [1.82, 2.24) is 30.2 Å². The van der Waals surface area contributed by atoms with Crippen molar-refractivity contribution >= 4 is 29.2 Å². The van der Waals surface area contributed by atoms with Crippen molar-refractivity contribution < 1.29 is 19.1 Å². The molecule has 49 heavy (non-hydrogen) atoms. The van der Waals surface area contributed by atoms with Crippen LogP contribution in [0, 0.1) is 6.92 Å². The molecule has 0 spiro atoms. The van der Waals surface area contributed by atoms with Gasteiger partial charge < -0.3 is 21.1 Å². The molecule has 2 aliphatic carbocycles. The summed E-state index contributed by atoms with van der Waals surface area (Å²) < 4.78 is 6.50. The standard InChI is InChI=1S/C36H33N7O6/c1-3-12-49-35(48)24-8-9-25-23(18(24)2)10-11-26(25)41-34(47)28-15-27(42-36-39-17-40-43(28)36)33(46)38-16-19-4-5-20-6-7-21(14-22(20)13-19)29-30(37)32(45)31(29)44/h3-5,8-9,13,15,17,21,26H,1,6-7,10-12,14,16,37H2,2H3,(H,38,46)(H,41,47)/t21?,26-/m0/s1. The highest BCUT2D eigenvalue weighted by molar-refractivity contribution is 5.98. The fourth-order valence-electron chi connectivity index (χ4n) is 7.06. The van der Waals surface area contributed by atoms with Crippen molar-refractivity contribution in [2.24, 2.45) is 0 Å². The summed E-state index contributed by atoms with van der Waals surface area (Å²) in [7, 11) is 0. The first-order valence-corrected chi connectivity index (χ1v) is 16.0. The number of hydrogen-bond acceptors (Lipinski definition) is 10. The summed E-state index contributed by atoms with van der Waals surface area (Å²) in [6.07, 6.45) is 6.17. The molecule has 248 valence electrons. The molecule has 2 amide bonds. The van der Waals surface area contributed by atoms with E-state index in [4.69, 9.17) is 10.5 Å². The molecule has 3 aromatic carbocycles. The highest BCUT2D eigenvalue weighted by atomic mass is 16.5. The molecule has 0 radical (unpaired) electrons. The number of benzene rings is 2. The van der Waals surface area contributed by atoms with E-state index in [-0.39, 0.29) is 48.0 Å². The summed E-state index contributed by atoms with van der Waals surface area (Å²) in [5.74, 6) is -1.38. The normalized spacial score (nSPS) is 16.6. The van der Waals surface area contributed by atoms with Crippen molar-refractivity contribution in [2.45, 2.75) is 57.5 Å². The summed E-state index contributed by atoms with van der Waals surface area (Å²) in [5.41, 5.74) is 11.6. The lowest BCUT2D eigenvalue weighted by atomic mass is 9.78. The van der Waals surface area contributed by atoms with Crippen molar-refractivity contribution in [2.75, 3.05) is 12.3 Å². The Morgan fingerprint density at radius 1 is 1.06 bits per heavy atom. The number of amides is 2. The summed E-state index contributed by atoms with van der Waals surface area (Å²) in [6, 6.07) is 10.6. The Morgan fingerprint density at radius 3 is 2.69 bits per heavy atom. The number of nitrogens with one attached hydrogen (secondary N) is 2. The number of carbonyl (C=O) groups is 3. The van der Waals surface area contributed by atoms with Gasteiger partial charge in [0, 0.05) is 18.2 Å². The molecule has 2 aromatic heterocycles.